The van der Waals surface area contributed by atoms with E-state index in [1.807, 2.05) is 0 Å². The van der Waals surface area contributed by atoms with E-state index in [0.29, 0.717) is 0 Å². The molecule has 0 aliphatic carbocycles. The van der Waals surface area contributed by atoms with E-state index in [1.165, 1.54) is 0 Å². The molecule has 0 aromatic rings. The van der Waals surface area contributed by atoms with Gasteiger partial charge < -0.3 is 10.2 Å². The van der Waals surface area contributed by atoms with Gasteiger partial charge in [0.05, 0.1) is 11.4 Å². The van der Waals surface area contributed by atoms with Gasteiger partial charge in [-0.25, -0.2) is 0 Å². The number of ketones is 1. The van der Waals surface area contributed by atoms with Gasteiger partial charge >= 0.3 is 0 Å². The maximum Gasteiger partial charge on any atom is 0.241 e. The molecule has 3 atom stereocenters. The van der Waals surface area contributed by atoms with Crippen LogP contribution in [0.1, 0.15) is 19.8 Å². The lowest BCUT2D eigenvalue weighted by molar-refractivity contribution is -0.142. The summed E-state index contributed by atoms with van der Waals surface area (Å²) in [6.45, 7) is 1.57. The first-order valence-corrected chi connectivity index (χ1v) is 6.31. The maximum absolute atomic E-state index is 12.1. The van der Waals surface area contributed by atoms with E-state index < -0.39 is 0 Å². The first-order valence-electron chi connectivity index (χ1n) is 5.26. The third-order valence-electron chi connectivity index (χ3n) is 3.17. The SMILES string of the molecule is CN[C@H]1CC[C@H]2SCC(C(C)=O)N2C1=O. The normalized spacial score (nSPS) is 35.5. The zero-order valence-corrected chi connectivity index (χ0v) is 9.84. The van der Waals surface area contributed by atoms with Crippen LogP contribution in [0.5, 0.6) is 0 Å². The van der Waals surface area contributed by atoms with Crippen molar-refractivity contribution in [2.45, 2.75) is 37.2 Å². The van der Waals surface area contributed by atoms with Crippen molar-refractivity contribution in [3.63, 3.8) is 0 Å². The highest BCUT2D eigenvalue weighted by molar-refractivity contribution is 8.00. The number of thioether (sulfide) groups is 1. The molecule has 4 nitrogen and oxygen atoms in total. The summed E-state index contributed by atoms with van der Waals surface area (Å²) in [5.74, 6) is 0.969. The second-order valence-electron chi connectivity index (χ2n) is 4.08. The Balaban J connectivity index is 2.18. The highest BCUT2D eigenvalue weighted by Gasteiger charge is 2.44. The molecule has 0 bridgehead atoms. The summed E-state index contributed by atoms with van der Waals surface area (Å²) in [7, 11) is 1.80. The smallest absolute Gasteiger partial charge is 0.241 e. The molecule has 1 N–H and O–H groups in total. The van der Waals surface area contributed by atoms with E-state index in [9.17, 15) is 9.59 Å². The summed E-state index contributed by atoms with van der Waals surface area (Å²) < 4.78 is 0. The van der Waals surface area contributed by atoms with Crippen molar-refractivity contribution in [3.05, 3.63) is 0 Å². The number of likely N-dealkylation sites (N-methyl/N-ethyl adjacent to an activating group) is 1. The van der Waals surface area contributed by atoms with Crippen molar-refractivity contribution in [2.75, 3.05) is 12.8 Å². The molecule has 2 aliphatic heterocycles. The molecule has 1 unspecified atom stereocenters. The van der Waals surface area contributed by atoms with Crippen LogP contribution in [0, 0.1) is 0 Å². The summed E-state index contributed by atoms with van der Waals surface area (Å²) in [5, 5.41) is 3.25. The summed E-state index contributed by atoms with van der Waals surface area (Å²) in [5.41, 5.74) is 0. The van der Waals surface area contributed by atoms with Gasteiger partial charge in [-0.1, -0.05) is 0 Å². The molecule has 0 aromatic heterocycles. The van der Waals surface area contributed by atoms with Gasteiger partial charge in [-0.3, -0.25) is 9.59 Å². The number of fused-ring (bicyclic) bond motifs is 1. The monoisotopic (exact) mass is 228 g/mol. The topological polar surface area (TPSA) is 49.4 Å². The Hall–Kier alpha value is -0.550. The van der Waals surface area contributed by atoms with E-state index in [-0.39, 0.29) is 29.1 Å². The van der Waals surface area contributed by atoms with Crippen LogP contribution < -0.4 is 5.32 Å². The molecule has 84 valence electrons. The number of hydrogen-bond acceptors (Lipinski definition) is 4. The van der Waals surface area contributed by atoms with Gasteiger partial charge in [0, 0.05) is 5.75 Å². The molecule has 2 rings (SSSR count). The Labute approximate surface area is 93.8 Å². The summed E-state index contributed by atoms with van der Waals surface area (Å²) in [6.07, 6.45) is 1.87. The molecule has 0 saturated carbocycles. The molecule has 1 amide bonds. The Morgan fingerprint density at radius 3 is 2.87 bits per heavy atom. The molecule has 0 spiro atoms. The van der Waals surface area contributed by atoms with Gasteiger partial charge in [0.1, 0.15) is 6.04 Å². The van der Waals surface area contributed by atoms with Crippen LogP contribution in [0.15, 0.2) is 0 Å². The number of carbonyl (C=O) groups excluding carboxylic acids is 2. The largest absolute Gasteiger partial charge is 0.318 e. The number of amides is 1. The predicted molar refractivity (Wildman–Crippen MR) is 59.6 cm³/mol. The van der Waals surface area contributed by atoms with Gasteiger partial charge in [0.15, 0.2) is 5.78 Å². The molecule has 2 heterocycles. The van der Waals surface area contributed by atoms with Crippen LogP contribution in [-0.2, 0) is 9.59 Å². The Kier molecular flexibility index (Phi) is 3.02. The summed E-state index contributed by atoms with van der Waals surface area (Å²) in [6, 6.07) is -0.287. The van der Waals surface area contributed by atoms with Crippen molar-refractivity contribution < 1.29 is 9.59 Å². The van der Waals surface area contributed by atoms with Gasteiger partial charge in [-0.05, 0) is 26.8 Å². The van der Waals surface area contributed by atoms with Crippen molar-refractivity contribution in [1.82, 2.24) is 10.2 Å². The van der Waals surface area contributed by atoms with Crippen molar-refractivity contribution in [1.29, 1.82) is 0 Å². The van der Waals surface area contributed by atoms with E-state index in [1.54, 1.807) is 30.6 Å². The highest BCUT2D eigenvalue weighted by atomic mass is 32.2. The summed E-state index contributed by atoms with van der Waals surface area (Å²) in [4.78, 5) is 25.3. The molecule has 5 heteroatoms. The minimum absolute atomic E-state index is 0.0956. The van der Waals surface area contributed by atoms with Crippen LogP contribution in [0.25, 0.3) is 0 Å². The van der Waals surface area contributed by atoms with Crippen molar-refractivity contribution in [3.8, 4) is 0 Å². The highest BCUT2D eigenvalue weighted by Crippen LogP contribution is 2.36. The molecular weight excluding hydrogens is 212 g/mol. The molecule has 0 aromatic carbocycles. The first-order chi connectivity index (χ1) is 7.15. The number of rotatable bonds is 2. The first kappa shape index (κ1) is 11.0. The standard InChI is InChI=1S/C10H16N2O2S/c1-6(13)8-5-15-9-4-3-7(11-2)10(14)12(8)9/h7-9,11H,3-5H2,1-2H3/t7-,8?,9+/m0/s1. The number of hydrogen-bond donors (Lipinski definition) is 1. The van der Waals surface area contributed by atoms with Crippen LogP contribution >= 0.6 is 11.8 Å². The second kappa shape index (κ2) is 4.14. The Bertz CT molecular complexity index is 295. The third-order valence-corrected chi connectivity index (χ3v) is 4.52. The minimum atomic E-state index is -0.191. The van der Waals surface area contributed by atoms with Crippen LogP contribution in [0.4, 0.5) is 0 Å². The quantitative estimate of drug-likeness (QED) is 0.735. The Morgan fingerprint density at radius 2 is 2.27 bits per heavy atom. The lowest BCUT2D eigenvalue weighted by Gasteiger charge is -2.36. The van der Waals surface area contributed by atoms with Crippen molar-refractivity contribution >= 4 is 23.5 Å². The molecule has 2 fully saturated rings. The molecule has 15 heavy (non-hydrogen) atoms. The lowest BCUT2D eigenvalue weighted by Crippen LogP contribution is -2.55. The zero-order valence-electron chi connectivity index (χ0n) is 9.03. The molecule has 2 aliphatic rings. The average Bonchev–Trinajstić information content (AvgIpc) is 2.63. The maximum atomic E-state index is 12.1. The average molecular weight is 228 g/mol. The fourth-order valence-electron chi connectivity index (χ4n) is 2.28. The van der Waals surface area contributed by atoms with Gasteiger partial charge in [0.25, 0.3) is 0 Å². The third kappa shape index (κ3) is 1.78. The molecule has 2 saturated heterocycles. The number of nitrogens with zero attached hydrogens (tertiary/aromatic N) is 1. The fourth-order valence-corrected chi connectivity index (χ4v) is 3.79. The zero-order chi connectivity index (χ0) is 11.0. The van der Waals surface area contributed by atoms with Crippen molar-refractivity contribution in [2.24, 2.45) is 0 Å². The van der Waals surface area contributed by atoms with E-state index in [4.69, 9.17) is 0 Å². The number of piperidine rings is 1. The summed E-state index contributed by atoms with van der Waals surface area (Å²) >= 11 is 1.74. The van der Waals surface area contributed by atoms with Gasteiger partial charge in [0.2, 0.25) is 5.91 Å². The Morgan fingerprint density at radius 1 is 1.53 bits per heavy atom. The van der Waals surface area contributed by atoms with Gasteiger partial charge in [-0.2, -0.15) is 0 Å². The number of Topliss-reactive ketones (excluding diaryl/α,β-unsaturated/α-hetero) is 1. The lowest BCUT2D eigenvalue weighted by atomic mass is 10.0. The molecule has 0 radical (unpaired) electrons. The van der Waals surface area contributed by atoms with E-state index >= 15 is 0 Å². The van der Waals surface area contributed by atoms with E-state index in [0.717, 1.165) is 18.6 Å². The van der Waals surface area contributed by atoms with E-state index in [2.05, 4.69) is 5.32 Å². The second-order valence-corrected chi connectivity index (χ2v) is 5.29. The predicted octanol–water partition coefficient (Wildman–Crippen LogP) is 0.227. The van der Waals surface area contributed by atoms with Crippen LogP contribution in [-0.4, -0.2) is 46.8 Å². The fraction of sp³-hybridized carbons (Fsp3) is 0.800. The van der Waals surface area contributed by atoms with Gasteiger partial charge in [-0.15, -0.1) is 11.8 Å². The molecular formula is C10H16N2O2S. The van der Waals surface area contributed by atoms with Crippen LogP contribution in [0.3, 0.4) is 0 Å². The van der Waals surface area contributed by atoms with Crippen LogP contribution in [0.2, 0.25) is 0 Å². The minimum Gasteiger partial charge on any atom is -0.318 e. The number of carbonyl (C=O) groups is 2. The number of nitrogens with one attached hydrogen (secondary N) is 1.